The lowest BCUT2D eigenvalue weighted by Gasteiger charge is -2.17. The molecule has 0 atom stereocenters. The second kappa shape index (κ2) is 6.18. The number of hydrogen-bond acceptors (Lipinski definition) is 3. The number of rotatable bonds is 3. The lowest BCUT2D eigenvalue weighted by molar-refractivity contribution is 0.0696. The first-order valence-electron chi connectivity index (χ1n) is 6.32. The van der Waals surface area contributed by atoms with Crippen LogP contribution in [0.1, 0.15) is 48.9 Å². The zero-order chi connectivity index (χ0) is 13.0. The van der Waals surface area contributed by atoms with E-state index in [1.54, 1.807) is 6.07 Å². The molecule has 0 radical (unpaired) electrons. The van der Waals surface area contributed by atoms with E-state index in [1.807, 2.05) is 0 Å². The molecule has 18 heavy (non-hydrogen) atoms. The van der Waals surface area contributed by atoms with Crippen molar-refractivity contribution in [1.29, 1.82) is 0 Å². The highest BCUT2D eigenvalue weighted by Gasteiger charge is 2.14. The molecule has 2 N–H and O–H groups in total. The Morgan fingerprint density at radius 1 is 1.33 bits per heavy atom. The maximum atomic E-state index is 10.8. The van der Waals surface area contributed by atoms with Crippen LogP contribution < -0.4 is 5.32 Å². The van der Waals surface area contributed by atoms with Crippen LogP contribution in [0.25, 0.3) is 0 Å². The Kier molecular flexibility index (Phi) is 4.58. The molecule has 1 aromatic rings. The Bertz CT molecular complexity index is 429. The third-order valence-electron chi connectivity index (χ3n) is 3.28. The summed E-state index contributed by atoms with van der Waals surface area (Å²) in [6.07, 6.45) is 8.84. The first-order valence-corrected chi connectivity index (χ1v) is 7.11. The van der Waals surface area contributed by atoms with Gasteiger partial charge in [-0.1, -0.05) is 25.7 Å². The first kappa shape index (κ1) is 13.3. The Hall–Kier alpha value is -1.10. The van der Waals surface area contributed by atoms with Gasteiger partial charge >= 0.3 is 5.97 Å². The topological polar surface area (TPSA) is 62.2 Å². The molecule has 1 heterocycles. The van der Waals surface area contributed by atoms with Gasteiger partial charge in [0.15, 0.2) is 0 Å². The number of pyridine rings is 1. The van der Waals surface area contributed by atoms with Crippen LogP contribution in [0, 0.1) is 0 Å². The normalized spacial score (nSPS) is 17.2. The van der Waals surface area contributed by atoms with Crippen LogP contribution in [0.3, 0.4) is 0 Å². The van der Waals surface area contributed by atoms with Crippen LogP contribution in [-0.4, -0.2) is 22.1 Å². The average molecular weight is 313 g/mol. The fourth-order valence-electron chi connectivity index (χ4n) is 2.28. The van der Waals surface area contributed by atoms with E-state index in [0.717, 1.165) is 18.7 Å². The van der Waals surface area contributed by atoms with Gasteiger partial charge in [-0.2, -0.15) is 0 Å². The summed E-state index contributed by atoms with van der Waals surface area (Å²) in [5, 5.41) is 12.3. The minimum absolute atomic E-state index is 0.202. The van der Waals surface area contributed by atoms with E-state index in [4.69, 9.17) is 5.11 Å². The van der Waals surface area contributed by atoms with Gasteiger partial charge in [-0.3, -0.25) is 0 Å². The average Bonchev–Trinajstić information content (AvgIpc) is 2.60. The van der Waals surface area contributed by atoms with E-state index in [-0.39, 0.29) is 5.56 Å². The summed E-state index contributed by atoms with van der Waals surface area (Å²) < 4.78 is 0.714. The molecule has 0 amide bonds. The highest BCUT2D eigenvalue weighted by Crippen LogP contribution is 2.25. The number of aromatic nitrogens is 1. The van der Waals surface area contributed by atoms with Gasteiger partial charge in [-0.25, -0.2) is 9.78 Å². The first-order chi connectivity index (χ1) is 8.66. The molecule has 1 aliphatic rings. The molecule has 98 valence electrons. The maximum Gasteiger partial charge on any atom is 0.337 e. The molecule has 4 nitrogen and oxygen atoms in total. The third kappa shape index (κ3) is 3.45. The van der Waals surface area contributed by atoms with E-state index in [0.29, 0.717) is 10.5 Å². The van der Waals surface area contributed by atoms with Crippen LogP contribution in [-0.2, 0) is 0 Å². The van der Waals surface area contributed by atoms with Gasteiger partial charge in [0.2, 0.25) is 0 Å². The van der Waals surface area contributed by atoms with E-state index >= 15 is 0 Å². The van der Waals surface area contributed by atoms with Crippen molar-refractivity contribution in [2.45, 2.75) is 44.6 Å². The molecular formula is C13H17BrN2O2. The van der Waals surface area contributed by atoms with Crippen LogP contribution in [0.2, 0.25) is 0 Å². The van der Waals surface area contributed by atoms with Crippen molar-refractivity contribution in [3.8, 4) is 0 Å². The van der Waals surface area contributed by atoms with Crippen molar-refractivity contribution in [2.75, 3.05) is 5.32 Å². The van der Waals surface area contributed by atoms with Crippen molar-refractivity contribution >= 4 is 27.7 Å². The molecule has 0 aromatic carbocycles. The van der Waals surface area contributed by atoms with Gasteiger partial charge in [0.25, 0.3) is 0 Å². The molecule has 0 saturated heterocycles. The van der Waals surface area contributed by atoms with E-state index in [1.165, 1.54) is 31.9 Å². The maximum absolute atomic E-state index is 10.8. The molecule has 0 spiro atoms. The molecule has 0 bridgehead atoms. The SMILES string of the molecule is O=C(O)c1cnc(NC2CCCCCC2)c(Br)c1. The largest absolute Gasteiger partial charge is 0.478 e. The number of hydrogen-bond donors (Lipinski definition) is 2. The summed E-state index contributed by atoms with van der Waals surface area (Å²) in [6, 6.07) is 2.04. The van der Waals surface area contributed by atoms with Crippen molar-refractivity contribution < 1.29 is 9.90 Å². The number of nitrogens with one attached hydrogen (secondary N) is 1. The number of anilines is 1. The predicted octanol–water partition coefficient (Wildman–Crippen LogP) is 3.68. The van der Waals surface area contributed by atoms with Crippen molar-refractivity contribution in [1.82, 2.24) is 4.98 Å². The second-order valence-corrected chi connectivity index (χ2v) is 5.55. The molecule has 1 aromatic heterocycles. The van der Waals surface area contributed by atoms with Gasteiger partial charge in [-0.15, -0.1) is 0 Å². The summed E-state index contributed by atoms with van der Waals surface area (Å²) >= 11 is 3.37. The molecule has 1 saturated carbocycles. The monoisotopic (exact) mass is 312 g/mol. The van der Waals surface area contributed by atoms with Crippen LogP contribution in [0.4, 0.5) is 5.82 Å². The molecule has 2 rings (SSSR count). The number of aromatic carboxylic acids is 1. The standard InChI is InChI=1S/C13H17BrN2O2/c14-11-7-9(13(17)18)8-15-12(11)16-10-5-3-1-2-4-6-10/h7-8,10H,1-6H2,(H,15,16)(H,17,18). The zero-order valence-electron chi connectivity index (χ0n) is 10.2. The summed E-state index contributed by atoms with van der Waals surface area (Å²) in [4.78, 5) is 15.0. The summed E-state index contributed by atoms with van der Waals surface area (Å²) in [5.74, 6) is -0.212. The Morgan fingerprint density at radius 3 is 2.56 bits per heavy atom. The van der Waals surface area contributed by atoms with Gasteiger partial charge < -0.3 is 10.4 Å². The van der Waals surface area contributed by atoms with E-state index < -0.39 is 5.97 Å². The molecule has 0 unspecified atom stereocenters. The number of nitrogens with zero attached hydrogens (tertiary/aromatic N) is 1. The number of carboxylic acids is 1. The minimum Gasteiger partial charge on any atom is -0.478 e. The van der Waals surface area contributed by atoms with Crippen molar-refractivity contribution in [2.24, 2.45) is 0 Å². The van der Waals surface area contributed by atoms with E-state index in [2.05, 4.69) is 26.2 Å². The fraction of sp³-hybridized carbons (Fsp3) is 0.538. The highest BCUT2D eigenvalue weighted by molar-refractivity contribution is 9.10. The number of halogens is 1. The minimum atomic E-state index is -0.954. The predicted molar refractivity (Wildman–Crippen MR) is 74.0 cm³/mol. The molecule has 1 aliphatic carbocycles. The number of carbonyl (C=O) groups is 1. The summed E-state index contributed by atoms with van der Waals surface area (Å²) in [5.41, 5.74) is 0.202. The van der Waals surface area contributed by atoms with Crippen molar-refractivity contribution in [3.63, 3.8) is 0 Å². The molecule has 1 fully saturated rings. The van der Waals surface area contributed by atoms with Gasteiger partial charge in [0, 0.05) is 12.2 Å². The molecular weight excluding hydrogens is 296 g/mol. The number of carboxylic acid groups (broad SMARTS) is 1. The third-order valence-corrected chi connectivity index (χ3v) is 3.89. The van der Waals surface area contributed by atoms with Gasteiger partial charge in [-0.05, 0) is 34.8 Å². The lowest BCUT2D eigenvalue weighted by atomic mass is 10.1. The second-order valence-electron chi connectivity index (χ2n) is 4.69. The summed E-state index contributed by atoms with van der Waals surface area (Å²) in [6.45, 7) is 0. The fourth-order valence-corrected chi connectivity index (χ4v) is 2.74. The van der Waals surface area contributed by atoms with Gasteiger partial charge in [0.05, 0.1) is 10.0 Å². The van der Waals surface area contributed by atoms with Gasteiger partial charge in [0.1, 0.15) is 5.82 Å². The van der Waals surface area contributed by atoms with Crippen LogP contribution >= 0.6 is 15.9 Å². The van der Waals surface area contributed by atoms with Crippen molar-refractivity contribution in [3.05, 3.63) is 22.3 Å². The molecule has 0 aliphatic heterocycles. The van der Waals surface area contributed by atoms with Crippen LogP contribution in [0.5, 0.6) is 0 Å². The molecule has 5 heteroatoms. The highest BCUT2D eigenvalue weighted by atomic mass is 79.9. The smallest absolute Gasteiger partial charge is 0.337 e. The van der Waals surface area contributed by atoms with Crippen LogP contribution in [0.15, 0.2) is 16.7 Å². The lowest BCUT2D eigenvalue weighted by Crippen LogP contribution is -2.19. The van der Waals surface area contributed by atoms with E-state index in [9.17, 15) is 4.79 Å². The Morgan fingerprint density at radius 2 is 2.00 bits per heavy atom. The summed E-state index contributed by atoms with van der Waals surface area (Å²) in [7, 11) is 0. The Balaban J connectivity index is 2.06. The Labute approximate surface area is 115 Å². The quantitative estimate of drug-likeness (QED) is 0.836. The zero-order valence-corrected chi connectivity index (χ0v) is 11.7.